The minimum atomic E-state index is 0. The summed E-state index contributed by atoms with van der Waals surface area (Å²) in [6.45, 7) is 8.42. The molecule has 25 heavy (non-hydrogen) atoms. The van der Waals surface area contributed by atoms with Crippen molar-refractivity contribution < 1.29 is 4.79 Å². The molecule has 5 nitrogen and oxygen atoms in total. The van der Waals surface area contributed by atoms with Crippen LogP contribution in [0.1, 0.15) is 34.5 Å². The second kappa shape index (κ2) is 10.2. The average Bonchev–Trinajstić information content (AvgIpc) is 2.82. The zero-order chi connectivity index (χ0) is 17.5. The number of benzene rings is 1. The Morgan fingerprint density at radius 3 is 2.44 bits per heavy atom. The molecule has 0 saturated heterocycles. The minimum Gasteiger partial charge on any atom is -0.355 e. The van der Waals surface area contributed by atoms with Crippen molar-refractivity contribution >= 4 is 18.3 Å². The maximum Gasteiger partial charge on any atom is 0.220 e. The summed E-state index contributed by atoms with van der Waals surface area (Å²) in [6, 6.07) is 8.52. The summed E-state index contributed by atoms with van der Waals surface area (Å²) < 4.78 is 2.04. The predicted octanol–water partition coefficient (Wildman–Crippen LogP) is 2.55. The van der Waals surface area contributed by atoms with Gasteiger partial charge in [0.05, 0.1) is 12.2 Å². The lowest BCUT2D eigenvalue weighted by molar-refractivity contribution is -0.121. The quantitative estimate of drug-likeness (QED) is 0.708. The number of aromatic nitrogens is 2. The van der Waals surface area contributed by atoms with Gasteiger partial charge in [-0.1, -0.05) is 29.8 Å². The van der Waals surface area contributed by atoms with Crippen LogP contribution in [0.3, 0.4) is 0 Å². The Hall–Kier alpha value is -1.85. The van der Waals surface area contributed by atoms with Gasteiger partial charge < -0.3 is 10.6 Å². The molecule has 0 radical (unpaired) electrons. The maximum absolute atomic E-state index is 11.9. The number of halogens is 1. The number of hydrogen-bond acceptors (Lipinski definition) is 3. The van der Waals surface area contributed by atoms with Crippen LogP contribution in [0.15, 0.2) is 24.3 Å². The number of amides is 1. The van der Waals surface area contributed by atoms with Crippen LogP contribution in [0.5, 0.6) is 0 Å². The Kier molecular flexibility index (Phi) is 8.66. The van der Waals surface area contributed by atoms with E-state index in [1.54, 1.807) is 0 Å². The van der Waals surface area contributed by atoms with Gasteiger partial charge in [-0.25, -0.2) is 0 Å². The van der Waals surface area contributed by atoms with Crippen LogP contribution in [0, 0.1) is 20.8 Å². The van der Waals surface area contributed by atoms with Crippen molar-refractivity contribution in [2.45, 2.75) is 40.2 Å². The smallest absolute Gasteiger partial charge is 0.220 e. The molecule has 2 N–H and O–H groups in total. The lowest BCUT2D eigenvalue weighted by Crippen LogP contribution is -2.30. The van der Waals surface area contributed by atoms with E-state index in [-0.39, 0.29) is 18.3 Å². The van der Waals surface area contributed by atoms with Crippen LogP contribution in [-0.2, 0) is 17.8 Å². The second-order valence-corrected chi connectivity index (χ2v) is 6.25. The van der Waals surface area contributed by atoms with Crippen molar-refractivity contribution in [2.24, 2.45) is 0 Å². The summed E-state index contributed by atoms with van der Waals surface area (Å²) in [4.78, 5) is 11.9. The first-order chi connectivity index (χ1) is 11.5. The maximum atomic E-state index is 11.9. The molecule has 0 saturated carbocycles. The van der Waals surface area contributed by atoms with Gasteiger partial charge in [-0.15, -0.1) is 12.4 Å². The SMILES string of the molecule is CNCCNC(=O)CCc1c(C)nn(Cc2ccc(C)cc2)c1C.Cl. The molecule has 0 spiro atoms. The van der Waals surface area contributed by atoms with Crippen molar-refractivity contribution in [1.29, 1.82) is 0 Å². The van der Waals surface area contributed by atoms with E-state index >= 15 is 0 Å². The highest BCUT2D eigenvalue weighted by molar-refractivity contribution is 5.85. The molecule has 0 aliphatic heterocycles. The molecule has 1 aromatic carbocycles. The lowest BCUT2D eigenvalue weighted by atomic mass is 10.1. The van der Waals surface area contributed by atoms with Gasteiger partial charge in [0.2, 0.25) is 5.91 Å². The van der Waals surface area contributed by atoms with Gasteiger partial charge in [0.15, 0.2) is 0 Å². The standard InChI is InChI=1S/C19H28N4O.ClH/c1-14-5-7-17(8-6-14)13-23-16(3)18(15(2)22-23)9-10-19(24)21-12-11-20-4;/h5-8,20H,9-13H2,1-4H3,(H,21,24);1H. The highest BCUT2D eigenvalue weighted by Gasteiger charge is 2.13. The Morgan fingerprint density at radius 1 is 1.12 bits per heavy atom. The molecule has 0 atom stereocenters. The molecule has 2 rings (SSSR count). The van der Waals surface area contributed by atoms with Gasteiger partial charge in [0.25, 0.3) is 0 Å². The largest absolute Gasteiger partial charge is 0.355 e. The van der Waals surface area contributed by atoms with Gasteiger partial charge in [-0.05, 0) is 45.4 Å². The molecular weight excluding hydrogens is 336 g/mol. The highest BCUT2D eigenvalue weighted by Crippen LogP contribution is 2.17. The van der Waals surface area contributed by atoms with E-state index in [0.717, 1.165) is 30.9 Å². The number of carbonyl (C=O) groups is 1. The predicted molar refractivity (Wildman–Crippen MR) is 104 cm³/mol. The number of hydrogen-bond donors (Lipinski definition) is 2. The van der Waals surface area contributed by atoms with Crippen LogP contribution in [0.25, 0.3) is 0 Å². The number of nitrogens with zero attached hydrogens (tertiary/aromatic N) is 2. The van der Waals surface area contributed by atoms with Gasteiger partial charge in [0, 0.05) is 25.2 Å². The van der Waals surface area contributed by atoms with E-state index in [4.69, 9.17) is 0 Å². The molecule has 138 valence electrons. The monoisotopic (exact) mass is 364 g/mol. The van der Waals surface area contributed by atoms with Gasteiger partial charge in [-0.3, -0.25) is 9.48 Å². The van der Waals surface area contributed by atoms with Crippen LogP contribution in [0.2, 0.25) is 0 Å². The Labute approximate surface area is 156 Å². The normalized spacial score (nSPS) is 10.4. The third-order valence-corrected chi connectivity index (χ3v) is 4.28. The van der Waals surface area contributed by atoms with Crippen molar-refractivity contribution in [3.05, 3.63) is 52.3 Å². The molecule has 0 aliphatic carbocycles. The van der Waals surface area contributed by atoms with Gasteiger partial charge in [0.1, 0.15) is 0 Å². The van der Waals surface area contributed by atoms with Crippen molar-refractivity contribution in [3.63, 3.8) is 0 Å². The summed E-state index contributed by atoms with van der Waals surface area (Å²) in [7, 11) is 1.88. The van der Waals surface area contributed by atoms with E-state index in [0.29, 0.717) is 13.0 Å². The first kappa shape index (κ1) is 21.2. The minimum absolute atomic E-state index is 0. The summed E-state index contributed by atoms with van der Waals surface area (Å²) in [5.74, 6) is 0.0929. The zero-order valence-electron chi connectivity index (χ0n) is 15.6. The lowest BCUT2D eigenvalue weighted by Gasteiger charge is -2.07. The van der Waals surface area contributed by atoms with Crippen LogP contribution in [0.4, 0.5) is 0 Å². The van der Waals surface area contributed by atoms with Crippen LogP contribution >= 0.6 is 12.4 Å². The average molecular weight is 365 g/mol. The molecule has 0 bridgehead atoms. The van der Waals surface area contributed by atoms with E-state index in [2.05, 4.69) is 53.8 Å². The van der Waals surface area contributed by atoms with Crippen molar-refractivity contribution in [3.8, 4) is 0 Å². The number of rotatable bonds is 8. The number of aryl methyl sites for hydroxylation is 2. The van der Waals surface area contributed by atoms with Crippen LogP contribution < -0.4 is 10.6 Å². The fraction of sp³-hybridized carbons (Fsp3) is 0.474. The molecule has 1 heterocycles. The molecule has 1 aromatic heterocycles. The molecule has 6 heteroatoms. The molecule has 0 unspecified atom stereocenters. The Morgan fingerprint density at radius 2 is 1.80 bits per heavy atom. The first-order valence-corrected chi connectivity index (χ1v) is 8.51. The molecule has 0 fully saturated rings. The van der Waals surface area contributed by atoms with E-state index in [1.165, 1.54) is 16.7 Å². The first-order valence-electron chi connectivity index (χ1n) is 8.51. The molecular formula is C19H29ClN4O. The highest BCUT2D eigenvalue weighted by atomic mass is 35.5. The van der Waals surface area contributed by atoms with E-state index in [1.807, 2.05) is 18.7 Å². The zero-order valence-corrected chi connectivity index (χ0v) is 16.4. The van der Waals surface area contributed by atoms with Crippen molar-refractivity contribution in [1.82, 2.24) is 20.4 Å². The van der Waals surface area contributed by atoms with E-state index < -0.39 is 0 Å². The van der Waals surface area contributed by atoms with E-state index in [9.17, 15) is 4.79 Å². The summed E-state index contributed by atoms with van der Waals surface area (Å²) in [5.41, 5.74) is 5.85. The number of carbonyl (C=O) groups excluding carboxylic acids is 1. The summed E-state index contributed by atoms with van der Waals surface area (Å²) in [5, 5.41) is 10.6. The Balaban J connectivity index is 0.00000312. The topological polar surface area (TPSA) is 58.9 Å². The fourth-order valence-corrected chi connectivity index (χ4v) is 2.77. The molecule has 2 aromatic rings. The third kappa shape index (κ3) is 6.18. The van der Waals surface area contributed by atoms with Gasteiger partial charge >= 0.3 is 0 Å². The summed E-state index contributed by atoms with van der Waals surface area (Å²) in [6.07, 6.45) is 1.23. The van der Waals surface area contributed by atoms with Crippen LogP contribution in [-0.4, -0.2) is 35.8 Å². The fourth-order valence-electron chi connectivity index (χ4n) is 2.77. The third-order valence-electron chi connectivity index (χ3n) is 4.28. The van der Waals surface area contributed by atoms with Crippen molar-refractivity contribution in [2.75, 3.05) is 20.1 Å². The number of likely N-dealkylation sites (N-methyl/N-ethyl adjacent to an activating group) is 1. The van der Waals surface area contributed by atoms with Gasteiger partial charge in [-0.2, -0.15) is 5.10 Å². The molecule has 1 amide bonds. The summed E-state index contributed by atoms with van der Waals surface area (Å²) >= 11 is 0. The number of nitrogens with one attached hydrogen (secondary N) is 2. The second-order valence-electron chi connectivity index (χ2n) is 6.25. The molecule has 0 aliphatic rings. The Bertz CT molecular complexity index is 679.